The molecule has 3 rings (SSSR count). The van der Waals surface area contributed by atoms with Gasteiger partial charge in [0, 0.05) is 22.4 Å². The van der Waals surface area contributed by atoms with Gasteiger partial charge in [0.1, 0.15) is 11.5 Å². The molecule has 1 aromatic rings. The Bertz CT molecular complexity index is 523. The molecule has 0 radical (unpaired) electrons. The van der Waals surface area contributed by atoms with Crippen molar-refractivity contribution in [3.05, 3.63) is 28.2 Å². The second kappa shape index (κ2) is 5.49. The average Bonchev–Trinajstić information content (AvgIpc) is 3.13. The van der Waals surface area contributed by atoms with Gasteiger partial charge in [0.25, 0.3) is 0 Å². The van der Waals surface area contributed by atoms with E-state index in [0.29, 0.717) is 17.6 Å². The van der Waals surface area contributed by atoms with Crippen molar-refractivity contribution in [2.24, 2.45) is 11.3 Å². The summed E-state index contributed by atoms with van der Waals surface area (Å²) in [6.45, 7) is 2.12. The maximum absolute atomic E-state index is 12.5. The van der Waals surface area contributed by atoms with Crippen LogP contribution in [0.1, 0.15) is 24.8 Å². The fourth-order valence-corrected chi connectivity index (χ4v) is 3.88. The number of rotatable bonds is 4. The number of ketones is 1. The summed E-state index contributed by atoms with van der Waals surface area (Å²) in [5.41, 5.74) is 1.31. The van der Waals surface area contributed by atoms with Gasteiger partial charge in [-0.25, -0.2) is 0 Å². The van der Waals surface area contributed by atoms with Crippen LogP contribution in [0.3, 0.4) is 0 Å². The van der Waals surface area contributed by atoms with Crippen LogP contribution < -0.4 is 10.1 Å². The minimum absolute atomic E-state index is 0.272. The fourth-order valence-electron chi connectivity index (χ4n) is 3.48. The smallest absolute Gasteiger partial charge is 0.141 e. The van der Waals surface area contributed by atoms with Gasteiger partial charge in [-0.05, 0) is 56.0 Å². The monoisotopic (exact) mass is 337 g/mol. The Kier molecular flexibility index (Phi) is 3.87. The zero-order valence-electron chi connectivity index (χ0n) is 11.7. The van der Waals surface area contributed by atoms with Gasteiger partial charge in [-0.1, -0.05) is 15.9 Å². The highest BCUT2D eigenvalue weighted by Crippen LogP contribution is 2.59. The van der Waals surface area contributed by atoms with Crippen molar-refractivity contribution in [3.8, 4) is 5.75 Å². The number of piperidine rings is 1. The van der Waals surface area contributed by atoms with Crippen LogP contribution in [0.5, 0.6) is 5.75 Å². The highest BCUT2D eigenvalue weighted by molar-refractivity contribution is 9.10. The van der Waals surface area contributed by atoms with E-state index in [4.69, 9.17) is 4.74 Å². The largest absolute Gasteiger partial charge is 0.496 e. The second-order valence-corrected chi connectivity index (χ2v) is 6.88. The normalized spacial score (nSPS) is 23.6. The molecule has 2 aliphatic rings. The van der Waals surface area contributed by atoms with Gasteiger partial charge in [-0.15, -0.1) is 0 Å². The summed E-state index contributed by atoms with van der Waals surface area (Å²) in [5.74, 6) is 1.46. The first-order valence-corrected chi connectivity index (χ1v) is 8.00. The first-order valence-electron chi connectivity index (χ1n) is 7.20. The van der Waals surface area contributed by atoms with Gasteiger partial charge in [0.15, 0.2) is 0 Å². The molecule has 20 heavy (non-hydrogen) atoms. The number of ether oxygens (including phenoxy) is 1. The zero-order chi connectivity index (χ0) is 14.2. The molecule has 0 amide bonds. The molecule has 1 N–H and O–H groups in total. The van der Waals surface area contributed by atoms with Crippen LogP contribution in [-0.2, 0) is 11.2 Å². The van der Waals surface area contributed by atoms with E-state index in [9.17, 15) is 4.79 Å². The van der Waals surface area contributed by atoms with Crippen LogP contribution in [-0.4, -0.2) is 26.0 Å². The molecular formula is C16H20BrNO2. The maximum Gasteiger partial charge on any atom is 0.141 e. The van der Waals surface area contributed by atoms with Gasteiger partial charge in [0.05, 0.1) is 7.11 Å². The molecule has 1 atom stereocenters. The molecule has 1 aliphatic heterocycles. The van der Waals surface area contributed by atoms with E-state index in [1.165, 1.54) is 0 Å². The summed E-state index contributed by atoms with van der Waals surface area (Å²) in [5, 5.41) is 3.38. The van der Waals surface area contributed by atoms with Gasteiger partial charge in [0.2, 0.25) is 0 Å². The number of hydrogen-bond donors (Lipinski definition) is 1. The van der Waals surface area contributed by atoms with Gasteiger partial charge in [-0.3, -0.25) is 4.79 Å². The lowest BCUT2D eigenvalue weighted by atomic mass is 9.89. The number of methoxy groups -OCH3 is 1. The topological polar surface area (TPSA) is 38.3 Å². The molecule has 2 fully saturated rings. The minimum atomic E-state index is 0.272. The van der Waals surface area contributed by atoms with Crippen LogP contribution in [0.15, 0.2) is 22.7 Å². The third-order valence-corrected chi connectivity index (χ3v) is 5.28. The van der Waals surface area contributed by atoms with Crippen LogP contribution >= 0.6 is 15.9 Å². The Morgan fingerprint density at radius 3 is 2.90 bits per heavy atom. The molecule has 1 aliphatic carbocycles. The summed E-state index contributed by atoms with van der Waals surface area (Å²) in [7, 11) is 1.66. The fraction of sp³-hybridized carbons (Fsp3) is 0.562. The van der Waals surface area contributed by atoms with Crippen molar-refractivity contribution in [2.45, 2.75) is 25.7 Å². The predicted molar refractivity (Wildman–Crippen MR) is 82.0 cm³/mol. The molecule has 0 aromatic heterocycles. The molecule has 3 nitrogen and oxygen atoms in total. The van der Waals surface area contributed by atoms with E-state index in [2.05, 4.69) is 21.2 Å². The van der Waals surface area contributed by atoms with Gasteiger partial charge in [-0.2, -0.15) is 0 Å². The number of carbonyl (C=O) groups excluding carboxylic acids is 1. The van der Waals surface area contributed by atoms with Crippen molar-refractivity contribution < 1.29 is 9.53 Å². The molecular weight excluding hydrogens is 318 g/mol. The highest BCUT2D eigenvalue weighted by atomic mass is 79.9. The van der Waals surface area contributed by atoms with E-state index in [1.807, 2.05) is 18.2 Å². The van der Waals surface area contributed by atoms with Crippen molar-refractivity contribution in [2.75, 3.05) is 20.2 Å². The lowest BCUT2D eigenvalue weighted by molar-refractivity contribution is -0.120. The third kappa shape index (κ3) is 2.63. The van der Waals surface area contributed by atoms with Crippen LogP contribution in [0.2, 0.25) is 0 Å². The summed E-state index contributed by atoms with van der Waals surface area (Å²) >= 11 is 3.46. The number of Topliss-reactive ketones (excluding diaryl/α,β-unsaturated/α-hetero) is 1. The summed E-state index contributed by atoms with van der Waals surface area (Å²) in [4.78, 5) is 12.5. The van der Waals surface area contributed by atoms with E-state index < -0.39 is 0 Å². The van der Waals surface area contributed by atoms with Gasteiger partial charge < -0.3 is 10.1 Å². The Hall–Kier alpha value is -0.870. The van der Waals surface area contributed by atoms with Crippen molar-refractivity contribution >= 4 is 21.7 Å². The van der Waals surface area contributed by atoms with Crippen molar-refractivity contribution in [1.29, 1.82) is 0 Å². The number of benzene rings is 1. The molecule has 1 aromatic carbocycles. The minimum Gasteiger partial charge on any atom is -0.496 e. The summed E-state index contributed by atoms with van der Waals surface area (Å²) < 4.78 is 6.35. The van der Waals surface area contributed by atoms with Crippen LogP contribution in [0.4, 0.5) is 0 Å². The summed E-state index contributed by atoms with van der Waals surface area (Å²) in [6.07, 6.45) is 3.88. The Morgan fingerprint density at radius 1 is 1.45 bits per heavy atom. The molecule has 0 bridgehead atoms. The van der Waals surface area contributed by atoms with E-state index in [1.54, 1.807) is 7.11 Å². The first kappa shape index (κ1) is 14.1. The van der Waals surface area contributed by atoms with Crippen molar-refractivity contribution in [3.63, 3.8) is 0 Å². The van der Waals surface area contributed by atoms with E-state index in [0.717, 1.165) is 48.1 Å². The first-order chi connectivity index (χ1) is 9.64. The maximum atomic E-state index is 12.5. The molecule has 4 heteroatoms. The van der Waals surface area contributed by atoms with Crippen LogP contribution in [0, 0.1) is 11.3 Å². The molecule has 1 saturated carbocycles. The third-order valence-electron chi connectivity index (χ3n) is 4.78. The molecule has 108 valence electrons. The number of halogens is 1. The average molecular weight is 338 g/mol. The molecule has 1 spiro atoms. The Morgan fingerprint density at radius 2 is 2.20 bits per heavy atom. The highest BCUT2D eigenvalue weighted by Gasteiger charge is 2.56. The second-order valence-electron chi connectivity index (χ2n) is 5.97. The lowest BCUT2D eigenvalue weighted by Gasteiger charge is -2.23. The molecule has 1 heterocycles. The van der Waals surface area contributed by atoms with Gasteiger partial charge >= 0.3 is 0 Å². The molecule has 1 unspecified atom stereocenters. The lowest BCUT2D eigenvalue weighted by Crippen LogP contribution is -2.31. The zero-order valence-corrected chi connectivity index (χ0v) is 13.3. The number of nitrogens with one attached hydrogen (secondary N) is 1. The SMILES string of the molecule is COc1ccc(Br)cc1CC(=O)C1CC12CCNCC2. The van der Waals surface area contributed by atoms with E-state index >= 15 is 0 Å². The van der Waals surface area contributed by atoms with Crippen molar-refractivity contribution in [1.82, 2.24) is 5.32 Å². The molecule has 1 saturated heterocycles. The standard InChI is InChI=1S/C16H20BrNO2/c1-20-15-3-2-12(17)8-11(15)9-14(19)13-10-16(13)4-6-18-7-5-16/h2-3,8,13,18H,4-7,9-10H2,1H3. The quantitative estimate of drug-likeness (QED) is 0.917. The predicted octanol–water partition coefficient (Wildman–Crippen LogP) is 2.96. The summed E-state index contributed by atoms with van der Waals surface area (Å²) in [6, 6.07) is 5.85. The number of hydrogen-bond acceptors (Lipinski definition) is 3. The Balaban J connectivity index is 1.69. The Labute approximate surface area is 128 Å². The number of carbonyl (C=O) groups is 1. The van der Waals surface area contributed by atoms with E-state index in [-0.39, 0.29) is 5.92 Å². The van der Waals surface area contributed by atoms with Crippen LogP contribution in [0.25, 0.3) is 0 Å².